The second-order valence-corrected chi connectivity index (χ2v) is 8.28. The van der Waals surface area contributed by atoms with E-state index in [1.54, 1.807) is 26.5 Å². The van der Waals surface area contributed by atoms with E-state index >= 15 is 0 Å². The largest absolute Gasteiger partial charge is 0.493 e. The summed E-state index contributed by atoms with van der Waals surface area (Å²) in [5.74, 6) is 2.34. The number of aromatic nitrogens is 1. The number of rotatable bonds is 8. The highest BCUT2D eigenvalue weighted by atomic mass is 32.1. The molecule has 3 aromatic carbocycles. The Labute approximate surface area is 215 Å². The van der Waals surface area contributed by atoms with Crippen LogP contribution >= 0.6 is 12.2 Å². The molecule has 0 atom stereocenters. The van der Waals surface area contributed by atoms with Crippen LogP contribution in [0.4, 0.5) is 5.69 Å². The zero-order valence-electron chi connectivity index (χ0n) is 20.4. The third-order valence-electron chi connectivity index (χ3n) is 5.60. The van der Waals surface area contributed by atoms with Crippen LogP contribution < -0.4 is 24.4 Å². The van der Waals surface area contributed by atoms with Crippen molar-refractivity contribution >= 4 is 39.8 Å². The van der Waals surface area contributed by atoms with Gasteiger partial charge in [0.2, 0.25) is 5.91 Å². The Balaban J connectivity index is 1.47. The Hall–Kier alpha value is -4.17. The molecule has 0 spiro atoms. The predicted molar refractivity (Wildman–Crippen MR) is 145 cm³/mol. The second kappa shape index (κ2) is 11.5. The molecule has 0 fully saturated rings. The van der Waals surface area contributed by atoms with E-state index in [0.717, 1.165) is 22.2 Å². The van der Waals surface area contributed by atoms with E-state index in [-0.39, 0.29) is 12.3 Å². The van der Waals surface area contributed by atoms with E-state index in [1.807, 2.05) is 78.6 Å². The van der Waals surface area contributed by atoms with E-state index in [0.29, 0.717) is 34.7 Å². The van der Waals surface area contributed by atoms with E-state index in [1.165, 1.54) is 0 Å². The van der Waals surface area contributed by atoms with Crippen LogP contribution in [-0.4, -0.2) is 36.8 Å². The summed E-state index contributed by atoms with van der Waals surface area (Å²) in [5, 5.41) is 3.99. The molecule has 8 heteroatoms. The average molecular weight is 502 g/mol. The molecule has 1 amide bonds. The Bertz CT molecular complexity index is 1360. The molecule has 0 bridgehead atoms. The van der Waals surface area contributed by atoms with Gasteiger partial charge in [0, 0.05) is 29.9 Å². The summed E-state index contributed by atoms with van der Waals surface area (Å²) in [6.45, 7) is 2.58. The van der Waals surface area contributed by atoms with E-state index in [9.17, 15) is 4.79 Å². The highest BCUT2D eigenvalue weighted by Gasteiger charge is 2.15. The molecule has 0 aliphatic rings. The van der Waals surface area contributed by atoms with Crippen LogP contribution in [0.15, 0.2) is 79.0 Å². The van der Waals surface area contributed by atoms with Crippen LogP contribution in [0, 0.1) is 0 Å². The van der Waals surface area contributed by atoms with Crippen molar-refractivity contribution in [2.45, 2.75) is 13.3 Å². The van der Waals surface area contributed by atoms with Crippen LogP contribution in [-0.2, 0) is 11.2 Å². The highest BCUT2D eigenvalue weighted by Crippen LogP contribution is 2.37. The highest BCUT2D eigenvalue weighted by molar-refractivity contribution is 7.80. The number of carbonyl (C=O) groups excluding carboxylic acids is 1. The minimum Gasteiger partial charge on any atom is -0.493 e. The number of ether oxygens (including phenoxy) is 3. The van der Waals surface area contributed by atoms with Gasteiger partial charge in [-0.2, -0.15) is 0 Å². The number of anilines is 1. The lowest BCUT2D eigenvalue weighted by Gasteiger charge is -2.24. The number of hydrogen-bond acceptors (Lipinski definition) is 6. The van der Waals surface area contributed by atoms with Crippen LogP contribution in [0.2, 0.25) is 0 Å². The molecule has 184 valence electrons. The summed E-state index contributed by atoms with van der Waals surface area (Å²) in [6.07, 6.45) is 1.95. The number of nitrogens with one attached hydrogen (secondary N) is 1. The molecule has 1 aromatic heterocycles. The fourth-order valence-corrected chi connectivity index (χ4v) is 4.16. The molecule has 0 aliphatic heterocycles. The normalized spacial score (nSPS) is 10.5. The molecular weight excluding hydrogens is 474 g/mol. The molecule has 0 radical (unpaired) electrons. The number of methoxy groups -OCH3 is 2. The molecule has 0 saturated carbocycles. The summed E-state index contributed by atoms with van der Waals surface area (Å²) in [7, 11) is 3.18. The second-order valence-electron chi connectivity index (χ2n) is 7.89. The summed E-state index contributed by atoms with van der Waals surface area (Å²) in [5.41, 5.74) is 2.51. The maximum atomic E-state index is 12.5. The molecule has 7 nitrogen and oxygen atoms in total. The van der Waals surface area contributed by atoms with Crippen molar-refractivity contribution in [3.8, 4) is 23.0 Å². The molecular formula is C28H27N3O4S. The number of thiocarbonyl (C=S) groups is 1. The van der Waals surface area contributed by atoms with Gasteiger partial charge in [-0.05, 0) is 61.1 Å². The summed E-state index contributed by atoms with van der Waals surface area (Å²) < 4.78 is 17.0. The van der Waals surface area contributed by atoms with Crippen LogP contribution in [0.1, 0.15) is 12.5 Å². The van der Waals surface area contributed by atoms with E-state index < -0.39 is 0 Å². The lowest BCUT2D eigenvalue weighted by molar-refractivity contribution is -0.119. The topological polar surface area (TPSA) is 72.9 Å². The van der Waals surface area contributed by atoms with E-state index in [2.05, 4.69) is 10.3 Å². The van der Waals surface area contributed by atoms with Crippen molar-refractivity contribution in [1.29, 1.82) is 0 Å². The van der Waals surface area contributed by atoms with Crippen molar-refractivity contribution < 1.29 is 19.0 Å². The van der Waals surface area contributed by atoms with Crippen molar-refractivity contribution in [1.82, 2.24) is 10.3 Å². The first-order valence-corrected chi connectivity index (χ1v) is 11.9. The lowest BCUT2D eigenvalue weighted by atomic mass is 10.1. The number of fused-ring (bicyclic) bond motifs is 1. The Morgan fingerprint density at radius 1 is 0.944 bits per heavy atom. The van der Waals surface area contributed by atoms with Crippen molar-refractivity contribution in [2.24, 2.45) is 0 Å². The van der Waals surface area contributed by atoms with Gasteiger partial charge in [-0.15, -0.1) is 0 Å². The van der Waals surface area contributed by atoms with Gasteiger partial charge >= 0.3 is 0 Å². The average Bonchev–Trinajstić information content (AvgIpc) is 2.90. The third-order valence-corrected chi connectivity index (χ3v) is 5.92. The predicted octanol–water partition coefficient (Wildman–Crippen LogP) is 5.51. The van der Waals surface area contributed by atoms with Crippen LogP contribution in [0.25, 0.3) is 10.9 Å². The van der Waals surface area contributed by atoms with Crippen molar-refractivity contribution in [3.05, 3.63) is 84.6 Å². The molecule has 4 rings (SSSR count). The first-order chi connectivity index (χ1) is 17.5. The first kappa shape index (κ1) is 24.9. The molecule has 1 N–H and O–H groups in total. The third kappa shape index (κ3) is 5.72. The van der Waals surface area contributed by atoms with Gasteiger partial charge in [0.05, 0.1) is 26.2 Å². The zero-order valence-corrected chi connectivity index (χ0v) is 21.2. The Kier molecular flexibility index (Phi) is 7.97. The maximum absolute atomic E-state index is 12.5. The molecule has 4 aromatic rings. The monoisotopic (exact) mass is 501 g/mol. The fraction of sp³-hybridized carbons (Fsp3) is 0.179. The fourth-order valence-electron chi connectivity index (χ4n) is 3.81. The minimum atomic E-state index is -0.152. The van der Waals surface area contributed by atoms with Crippen LogP contribution in [0.5, 0.6) is 23.0 Å². The molecule has 0 saturated heterocycles. The van der Waals surface area contributed by atoms with Gasteiger partial charge in [0.25, 0.3) is 0 Å². The SMILES string of the molecule is CCN(C(=S)NC(=O)Cc1ccccc1)c1ccc(Oc2ccnc3cc(OC)c(OC)cc23)cc1. The standard InChI is InChI=1S/C28H27N3O4S/c1-4-31(28(36)30-27(32)16-19-8-6-5-7-9-19)20-10-12-21(13-11-20)35-24-14-15-29-23-18-26(34-3)25(33-2)17-22(23)24/h5-15,17-18H,4,16H2,1-3H3,(H,30,32,36). The molecule has 0 aliphatic carbocycles. The quantitative estimate of drug-likeness (QED) is 0.319. The zero-order chi connectivity index (χ0) is 25.5. The van der Waals surface area contributed by atoms with Gasteiger partial charge in [-0.25, -0.2) is 0 Å². The summed E-state index contributed by atoms with van der Waals surface area (Å²) in [6, 6.07) is 22.6. The number of hydrogen-bond donors (Lipinski definition) is 1. The number of amides is 1. The van der Waals surface area contributed by atoms with Crippen molar-refractivity contribution in [3.63, 3.8) is 0 Å². The summed E-state index contributed by atoms with van der Waals surface area (Å²) in [4.78, 5) is 18.7. The lowest BCUT2D eigenvalue weighted by Crippen LogP contribution is -2.43. The number of nitrogens with zero attached hydrogens (tertiary/aromatic N) is 2. The number of pyridine rings is 1. The van der Waals surface area contributed by atoms with Gasteiger partial charge in [-0.3, -0.25) is 9.78 Å². The maximum Gasteiger partial charge on any atom is 0.230 e. The van der Waals surface area contributed by atoms with Gasteiger partial charge < -0.3 is 24.4 Å². The molecule has 36 heavy (non-hydrogen) atoms. The molecule has 1 heterocycles. The summed E-state index contributed by atoms with van der Waals surface area (Å²) >= 11 is 5.52. The van der Waals surface area contributed by atoms with Gasteiger partial charge in [0.1, 0.15) is 11.5 Å². The number of carbonyl (C=O) groups is 1. The minimum absolute atomic E-state index is 0.152. The van der Waals surface area contributed by atoms with Crippen molar-refractivity contribution in [2.75, 3.05) is 25.7 Å². The molecule has 0 unspecified atom stereocenters. The first-order valence-electron chi connectivity index (χ1n) is 11.5. The van der Waals surface area contributed by atoms with E-state index in [4.69, 9.17) is 26.4 Å². The van der Waals surface area contributed by atoms with Gasteiger partial charge in [0.15, 0.2) is 16.6 Å². The van der Waals surface area contributed by atoms with Crippen LogP contribution in [0.3, 0.4) is 0 Å². The number of benzene rings is 3. The smallest absolute Gasteiger partial charge is 0.230 e. The van der Waals surface area contributed by atoms with Gasteiger partial charge in [-0.1, -0.05) is 30.3 Å². The Morgan fingerprint density at radius 3 is 2.31 bits per heavy atom. The Morgan fingerprint density at radius 2 is 1.64 bits per heavy atom.